The molecule has 0 bridgehead atoms. The molecule has 0 aliphatic rings. The lowest BCUT2D eigenvalue weighted by molar-refractivity contribution is 0.162. The number of benzene rings is 1. The van der Waals surface area contributed by atoms with Crippen molar-refractivity contribution >= 4 is 9.84 Å². The van der Waals surface area contributed by atoms with Gasteiger partial charge in [0.05, 0.1) is 16.8 Å². The predicted octanol–water partition coefficient (Wildman–Crippen LogP) is 2.18. The summed E-state index contributed by atoms with van der Waals surface area (Å²) in [6.45, 7) is 3.56. The van der Waals surface area contributed by atoms with E-state index < -0.39 is 15.9 Å². The summed E-state index contributed by atoms with van der Waals surface area (Å²) in [6.07, 6.45) is 2.67. The van der Waals surface area contributed by atoms with Crippen molar-refractivity contribution < 1.29 is 13.5 Å². The summed E-state index contributed by atoms with van der Waals surface area (Å²) in [4.78, 5) is 0.316. The van der Waals surface area contributed by atoms with Crippen molar-refractivity contribution in [1.82, 2.24) is 0 Å². The summed E-state index contributed by atoms with van der Waals surface area (Å²) in [6, 6.07) is 8.32. The van der Waals surface area contributed by atoms with Gasteiger partial charge in [-0.3, -0.25) is 0 Å². The molecule has 0 heterocycles. The van der Waals surface area contributed by atoms with Gasteiger partial charge in [-0.2, -0.15) is 0 Å². The molecule has 3 nitrogen and oxygen atoms in total. The molecule has 1 atom stereocenters. The lowest BCUT2D eigenvalue weighted by Crippen LogP contribution is -2.14. The first-order chi connectivity index (χ1) is 8.06. The second-order valence-corrected chi connectivity index (χ2v) is 6.05. The van der Waals surface area contributed by atoms with Gasteiger partial charge in [-0.25, -0.2) is 8.42 Å². The Labute approximate surface area is 103 Å². The molecule has 0 aromatic heterocycles. The quantitative estimate of drug-likeness (QED) is 0.759. The lowest BCUT2D eigenvalue weighted by atomic mass is 10.1. The molecule has 1 unspecified atom stereocenters. The Kier molecular flexibility index (Phi) is 5.38. The first-order valence-corrected chi connectivity index (χ1v) is 7.28. The van der Waals surface area contributed by atoms with Gasteiger partial charge in [0, 0.05) is 0 Å². The topological polar surface area (TPSA) is 54.4 Å². The van der Waals surface area contributed by atoms with Crippen LogP contribution in [0.4, 0.5) is 0 Å². The number of sulfone groups is 1. The molecule has 0 saturated heterocycles. The summed E-state index contributed by atoms with van der Waals surface area (Å²) < 4.78 is 23.8. The number of hydrogen-bond donors (Lipinski definition) is 1. The molecule has 1 aromatic rings. The number of aliphatic hydroxyl groups is 1. The van der Waals surface area contributed by atoms with E-state index in [0.29, 0.717) is 17.7 Å². The summed E-state index contributed by atoms with van der Waals surface area (Å²) in [5.41, 5.74) is 0. The van der Waals surface area contributed by atoms with Crippen molar-refractivity contribution in [3.8, 4) is 0 Å². The van der Waals surface area contributed by atoms with Crippen molar-refractivity contribution in [3.63, 3.8) is 0 Å². The van der Waals surface area contributed by atoms with Gasteiger partial charge in [-0.15, -0.1) is 6.58 Å². The third kappa shape index (κ3) is 4.71. The summed E-state index contributed by atoms with van der Waals surface area (Å²) in [5, 5.41) is 9.58. The van der Waals surface area contributed by atoms with Gasteiger partial charge in [-0.05, 0) is 31.4 Å². The summed E-state index contributed by atoms with van der Waals surface area (Å²) in [5.74, 6) is -0.0185. The van der Waals surface area contributed by atoms with E-state index >= 15 is 0 Å². The normalized spacial score (nSPS) is 13.2. The van der Waals surface area contributed by atoms with Gasteiger partial charge < -0.3 is 5.11 Å². The van der Waals surface area contributed by atoms with Crippen LogP contribution < -0.4 is 0 Å². The van der Waals surface area contributed by atoms with Crippen molar-refractivity contribution in [2.75, 3.05) is 5.75 Å². The first-order valence-electron chi connectivity index (χ1n) is 5.63. The fraction of sp³-hybridized carbons (Fsp3) is 0.385. The van der Waals surface area contributed by atoms with Crippen LogP contribution in [-0.2, 0) is 9.84 Å². The van der Waals surface area contributed by atoms with Crippen LogP contribution in [0.1, 0.15) is 19.3 Å². The van der Waals surface area contributed by atoms with E-state index in [1.54, 1.807) is 36.4 Å². The second-order valence-electron chi connectivity index (χ2n) is 3.94. The third-order valence-electron chi connectivity index (χ3n) is 2.53. The van der Waals surface area contributed by atoms with Crippen LogP contribution in [0.25, 0.3) is 0 Å². The highest BCUT2D eigenvalue weighted by atomic mass is 32.2. The Morgan fingerprint density at radius 3 is 2.47 bits per heavy atom. The van der Waals surface area contributed by atoms with Gasteiger partial charge in [0.25, 0.3) is 0 Å². The van der Waals surface area contributed by atoms with Crippen molar-refractivity contribution in [2.24, 2.45) is 0 Å². The fourth-order valence-corrected chi connectivity index (χ4v) is 2.88. The average molecular weight is 254 g/mol. The molecule has 0 spiro atoms. The summed E-state index contributed by atoms with van der Waals surface area (Å²) >= 11 is 0. The minimum Gasteiger partial charge on any atom is -0.393 e. The van der Waals surface area contributed by atoms with Crippen LogP contribution >= 0.6 is 0 Å². The van der Waals surface area contributed by atoms with Gasteiger partial charge >= 0.3 is 0 Å². The first kappa shape index (κ1) is 13.9. The molecular formula is C13H18O3S. The molecule has 94 valence electrons. The minimum atomic E-state index is -3.27. The van der Waals surface area contributed by atoms with Crippen LogP contribution in [0.15, 0.2) is 47.9 Å². The van der Waals surface area contributed by atoms with E-state index in [-0.39, 0.29) is 12.2 Å². The molecule has 1 aromatic carbocycles. The molecule has 1 rings (SSSR count). The standard InChI is InChI=1S/C13H18O3S/c1-2-3-7-12(14)10-11-17(15,16)13-8-5-4-6-9-13/h2,4-6,8-9,12,14H,1,3,7,10-11H2. The maximum absolute atomic E-state index is 11.9. The highest BCUT2D eigenvalue weighted by molar-refractivity contribution is 7.91. The smallest absolute Gasteiger partial charge is 0.178 e. The van der Waals surface area contributed by atoms with E-state index in [1.807, 2.05) is 0 Å². The van der Waals surface area contributed by atoms with E-state index in [9.17, 15) is 13.5 Å². The molecule has 0 aliphatic carbocycles. The van der Waals surface area contributed by atoms with Gasteiger partial charge in [0.2, 0.25) is 0 Å². The van der Waals surface area contributed by atoms with Crippen molar-refractivity contribution in [2.45, 2.75) is 30.3 Å². The third-order valence-corrected chi connectivity index (χ3v) is 4.29. The summed E-state index contributed by atoms with van der Waals surface area (Å²) in [7, 11) is -3.27. The molecule has 0 amide bonds. The van der Waals surface area contributed by atoms with Gasteiger partial charge in [0.15, 0.2) is 9.84 Å². The maximum atomic E-state index is 11.9. The van der Waals surface area contributed by atoms with Crippen LogP contribution in [-0.4, -0.2) is 25.4 Å². The van der Waals surface area contributed by atoms with E-state index in [1.165, 1.54) is 0 Å². The Bertz CT molecular complexity index is 437. The maximum Gasteiger partial charge on any atom is 0.178 e. The zero-order valence-electron chi connectivity index (χ0n) is 9.75. The Hall–Kier alpha value is -1.13. The lowest BCUT2D eigenvalue weighted by Gasteiger charge is -2.09. The number of hydrogen-bond acceptors (Lipinski definition) is 3. The second kappa shape index (κ2) is 6.57. The number of aliphatic hydroxyl groups excluding tert-OH is 1. The van der Waals surface area contributed by atoms with Gasteiger partial charge in [-0.1, -0.05) is 24.3 Å². The highest BCUT2D eigenvalue weighted by Gasteiger charge is 2.15. The molecule has 0 aliphatic heterocycles. The molecule has 0 radical (unpaired) electrons. The van der Waals surface area contributed by atoms with Crippen LogP contribution in [0.2, 0.25) is 0 Å². The Balaban J connectivity index is 2.54. The van der Waals surface area contributed by atoms with E-state index in [2.05, 4.69) is 6.58 Å². The van der Waals surface area contributed by atoms with Crippen LogP contribution in [0, 0.1) is 0 Å². The zero-order valence-corrected chi connectivity index (χ0v) is 10.6. The Morgan fingerprint density at radius 1 is 1.24 bits per heavy atom. The minimum absolute atomic E-state index is 0.0185. The monoisotopic (exact) mass is 254 g/mol. The van der Waals surface area contributed by atoms with E-state index in [0.717, 1.165) is 0 Å². The van der Waals surface area contributed by atoms with Crippen molar-refractivity contribution in [1.29, 1.82) is 0 Å². The number of allylic oxidation sites excluding steroid dienone is 1. The van der Waals surface area contributed by atoms with Crippen LogP contribution in [0.5, 0.6) is 0 Å². The molecule has 0 saturated carbocycles. The Morgan fingerprint density at radius 2 is 1.88 bits per heavy atom. The van der Waals surface area contributed by atoms with Crippen molar-refractivity contribution in [3.05, 3.63) is 43.0 Å². The largest absolute Gasteiger partial charge is 0.393 e. The molecule has 1 N–H and O–H groups in total. The molecule has 17 heavy (non-hydrogen) atoms. The average Bonchev–Trinajstić information content (AvgIpc) is 2.35. The number of rotatable bonds is 7. The molecular weight excluding hydrogens is 236 g/mol. The SMILES string of the molecule is C=CCCC(O)CCS(=O)(=O)c1ccccc1. The molecule has 4 heteroatoms. The fourth-order valence-electron chi connectivity index (χ4n) is 1.49. The van der Waals surface area contributed by atoms with Gasteiger partial charge in [0.1, 0.15) is 0 Å². The van der Waals surface area contributed by atoms with E-state index in [4.69, 9.17) is 0 Å². The van der Waals surface area contributed by atoms with Crippen LogP contribution in [0.3, 0.4) is 0 Å². The zero-order chi connectivity index (χ0) is 12.7. The highest BCUT2D eigenvalue weighted by Crippen LogP contribution is 2.13. The molecule has 0 fully saturated rings. The predicted molar refractivity (Wildman–Crippen MR) is 68.5 cm³/mol.